The fourth-order valence-corrected chi connectivity index (χ4v) is 3.69. The fourth-order valence-electron chi connectivity index (χ4n) is 3.17. The molecule has 2 atom stereocenters. The van der Waals surface area contributed by atoms with Crippen LogP contribution in [0.5, 0.6) is 0 Å². The Labute approximate surface area is 133 Å². The van der Waals surface area contributed by atoms with Gasteiger partial charge in [-0.3, -0.25) is 9.59 Å². The number of nitrogens with zero attached hydrogens (tertiary/aromatic N) is 1. The summed E-state index contributed by atoms with van der Waals surface area (Å²) >= 11 is 12.0. The minimum absolute atomic E-state index is 0.143. The molecule has 0 bridgehead atoms. The van der Waals surface area contributed by atoms with Gasteiger partial charge in [0, 0.05) is 10.0 Å². The van der Waals surface area contributed by atoms with Crippen molar-refractivity contribution in [2.45, 2.75) is 26.7 Å². The SMILES string of the molecule is CC1=C(C)CC2C(=O)N(c3cc(Cl)cc(Cl)c3)C(=O)C2C1. The van der Waals surface area contributed by atoms with E-state index in [-0.39, 0.29) is 23.7 Å². The number of hydrogen-bond acceptors (Lipinski definition) is 2. The highest BCUT2D eigenvalue weighted by atomic mass is 35.5. The number of benzene rings is 1. The third-order valence-corrected chi connectivity index (χ3v) is 4.88. The zero-order valence-electron chi connectivity index (χ0n) is 11.8. The van der Waals surface area contributed by atoms with Crippen molar-refractivity contribution in [3.8, 4) is 0 Å². The lowest BCUT2D eigenvalue weighted by Gasteiger charge is -2.23. The standard InChI is InChI=1S/C16H15Cl2NO2/c1-8-3-13-14(4-9(8)2)16(21)19(15(13)20)12-6-10(17)5-11(18)7-12/h5-7,13-14H,3-4H2,1-2H3. The number of hydrogen-bond donors (Lipinski definition) is 0. The van der Waals surface area contributed by atoms with Gasteiger partial charge in [0.15, 0.2) is 0 Å². The topological polar surface area (TPSA) is 37.4 Å². The van der Waals surface area contributed by atoms with E-state index in [1.807, 2.05) is 13.8 Å². The number of rotatable bonds is 1. The summed E-state index contributed by atoms with van der Waals surface area (Å²) in [5.41, 5.74) is 2.89. The van der Waals surface area contributed by atoms with Crippen molar-refractivity contribution in [3.63, 3.8) is 0 Å². The lowest BCUT2D eigenvalue weighted by molar-refractivity contribution is -0.122. The van der Waals surface area contributed by atoms with Gasteiger partial charge in [-0.15, -0.1) is 0 Å². The number of amides is 2. The van der Waals surface area contributed by atoms with Crippen LogP contribution in [0.3, 0.4) is 0 Å². The van der Waals surface area contributed by atoms with Crippen molar-refractivity contribution < 1.29 is 9.59 Å². The molecule has 1 aromatic carbocycles. The van der Waals surface area contributed by atoms with Crippen LogP contribution in [0.15, 0.2) is 29.3 Å². The average molecular weight is 324 g/mol. The quantitative estimate of drug-likeness (QED) is 0.573. The Kier molecular flexibility index (Phi) is 3.58. The van der Waals surface area contributed by atoms with E-state index in [2.05, 4.69) is 0 Å². The first-order chi connectivity index (χ1) is 9.88. The van der Waals surface area contributed by atoms with Gasteiger partial charge < -0.3 is 0 Å². The second kappa shape index (κ2) is 5.15. The zero-order chi connectivity index (χ0) is 15.3. The van der Waals surface area contributed by atoms with Crippen molar-refractivity contribution >= 4 is 40.7 Å². The Morgan fingerprint density at radius 3 is 1.76 bits per heavy atom. The van der Waals surface area contributed by atoms with Crippen LogP contribution in [0.1, 0.15) is 26.7 Å². The average Bonchev–Trinajstić information content (AvgIpc) is 2.62. The first kappa shape index (κ1) is 14.6. The molecular formula is C16H15Cl2NO2. The second-order valence-corrected chi connectivity index (χ2v) is 6.69. The molecule has 0 spiro atoms. The summed E-state index contributed by atoms with van der Waals surface area (Å²) < 4.78 is 0. The normalized spacial score (nSPS) is 25.6. The van der Waals surface area contributed by atoms with E-state index in [1.54, 1.807) is 18.2 Å². The van der Waals surface area contributed by atoms with Crippen LogP contribution in [0, 0.1) is 11.8 Å². The molecule has 1 aliphatic heterocycles. The molecule has 1 heterocycles. The van der Waals surface area contributed by atoms with E-state index in [9.17, 15) is 9.59 Å². The minimum atomic E-state index is -0.251. The van der Waals surface area contributed by atoms with Gasteiger partial charge in [-0.2, -0.15) is 0 Å². The molecule has 2 aliphatic rings. The molecule has 1 aromatic rings. The lowest BCUT2D eigenvalue weighted by atomic mass is 9.78. The summed E-state index contributed by atoms with van der Waals surface area (Å²) in [5, 5.41) is 0.830. The van der Waals surface area contributed by atoms with Gasteiger partial charge in [-0.1, -0.05) is 34.3 Å². The summed E-state index contributed by atoms with van der Waals surface area (Å²) in [6, 6.07) is 4.79. The molecule has 2 amide bonds. The van der Waals surface area contributed by atoms with Crippen molar-refractivity contribution in [3.05, 3.63) is 39.4 Å². The van der Waals surface area contributed by atoms with E-state index < -0.39 is 0 Å². The number of allylic oxidation sites excluding steroid dienone is 2. The van der Waals surface area contributed by atoms with Gasteiger partial charge in [0.1, 0.15) is 0 Å². The Hall–Kier alpha value is -1.32. The molecule has 21 heavy (non-hydrogen) atoms. The molecule has 5 heteroatoms. The minimum Gasteiger partial charge on any atom is -0.274 e. The predicted molar refractivity (Wildman–Crippen MR) is 83.5 cm³/mol. The summed E-state index contributed by atoms with van der Waals surface area (Å²) in [7, 11) is 0. The van der Waals surface area contributed by atoms with E-state index in [0.29, 0.717) is 28.6 Å². The maximum atomic E-state index is 12.6. The van der Waals surface area contributed by atoms with E-state index in [0.717, 1.165) is 0 Å². The number of carbonyl (C=O) groups is 2. The first-order valence-corrected chi connectivity index (χ1v) is 7.63. The highest BCUT2D eigenvalue weighted by molar-refractivity contribution is 6.35. The zero-order valence-corrected chi connectivity index (χ0v) is 13.3. The van der Waals surface area contributed by atoms with Crippen molar-refractivity contribution in [1.82, 2.24) is 0 Å². The van der Waals surface area contributed by atoms with Gasteiger partial charge in [0.05, 0.1) is 17.5 Å². The maximum Gasteiger partial charge on any atom is 0.238 e. The van der Waals surface area contributed by atoms with Crippen LogP contribution in [0.2, 0.25) is 10.0 Å². The van der Waals surface area contributed by atoms with Crippen molar-refractivity contribution in [2.75, 3.05) is 4.90 Å². The number of carbonyl (C=O) groups excluding carboxylic acids is 2. The summed E-state index contributed by atoms with van der Waals surface area (Å²) in [6.45, 7) is 4.06. The molecule has 1 aliphatic carbocycles. The largest absolute Gasteiger partial charge is 0.274 e. The summed E-state index contributed by atoms with van der Waals surface area (Å²) in [5.74, 6) is -0.789. The van der Waals surface area contributed by atoms with Crippen LogP contribution >= 0.6 is 23.2 Å². The van der Waals surface area contributed by atoms with Crippen molar-refractivity contribution in [1.29, 1.82) is 0 Å². The van der Waals surface area contributed by atoms with Gasteiger partial charge in [0.25, 0.3) is 0 Å². The third-order valence-electron chi connectivity index (χ3n) is 4.45. The van der Waals surface area contributed by atoms with Crippen LogP contribution in [-0.4, -0.2) is 11.8 Å². The fraction of sp³-hybridized carbons (Fsp3) is 0.375. The monoisotopic (exact) mass is 323 g/mol. The Balaban J connectivity index is 2.00. The van der Waals surface area contributed by atoms with Gasteiger partial charge in [-0.25, -0.2) is 4.90 Å². The van der Waals surface area contributed by atoms with Crippen molar-refractivity contribution in [2.24, 2.45) is 11.8 Å². The predicted octanol–water partition coefficient (Wildman–Crippen LogP) is 4.23. The maximum absolute atomic E-state index is 12.6. The highest BCUT2D eigenvalue weighted by Gasteiger charge is 2.49. The molecule has 110 valence electrons. The molecule has 3 rings (SSSR count). The third kappa shape index (κ3) is 2.39. The smallest absolute Gasteiger partial charge is 0.238 e. The van der Waals surface area contributed by atoms with E-state index in [4.69, 9.17) is 23.2 Å². The van der Waals surface area contributed by atoms with Gasteiger partial charge in [-0.05, 0) is 44.9 Å². The molecule has 0 saturated carbocycles. The summed E-state index contributed by atoms with van der Waals surface area (Å²) in [6.07, 6.45) is 1.32. The molecule has 2 unspecified atom stereocenters. The highest BCUT2D eigenvalue weighted by Crippen LogP contribution is 2.42. The van der Waals surface area contributed by atoms with E-state index >= 15 is 0 Å². The Morgan fingerprint density at radius 1 is 0.905 bits per heavy atom. The molecule has 1 saturated heterocycles. The molecule has 3 nitrogen and oxygen atoms in total. The molecule has 0 radical (unpaired) electrons. The Bertz CT molecular complexity index is 629. The van der Waals surface area contributed by atoms with Crippen LogP contribution in [0.4, 0.5) is 5.69 Å². The molecule has 0 aromatic heterocycles. The van der Waals surface area contributed by atoms with Crippen LogP contribution < -0.4 is 4.90 Å². The number of halogens is 2. The van der Waals surface area contributed by atoms with Gasteiger partial charge >= 0.3 is 0 Å². The number of anilines is 1. The van der Waals surface area contributed by atoms with E-state index in [1.165, 1.54) is 16.0 Å². The molecule has 0 N–H and O–H groups in total. The van der Waals surface area contributed by atoms with Crippen LogP contribution in [-0.2, 0) is 9.59 Å². The molecular weight excluding hydrogens is 309 g/mol. The number of fused-ring (bicyclic) bond motifs is 1. The summed E-state index contributed by atoms with van der Waals surface area (Å²) in [4.78, 5) is 26.5. The van der Waals surface area contributed by atoms with Gasteiger partial charge in [0.2, 0.25) is 11.8 Å². The first-order valence-electron chi connectivity index (χ1n) is 6.87. The van der Waals surface area contributed by atoms with Crippen LogP contribution in [0.25, 0.3) is 0 Å². The second-order valence-electron chi connectivity index (χ2n) is 5.82. The lowest BCUT2D eigenvalue weighted by Crippen LogP contribution is -2.30. The number of imide groups is 1. The Morgan fingerprint density at radius 2 is 1.33 bits per heavy atom. The molecule has 1 fully saturated rings.